The third-order valence-electron chi connectivity index (χ3n) is 5.30. The third kappa shape index (κ3) is 5.35. The molecule has 0 radical (unpaired) electrons. The first-order valence-corrected chi connectivity index (χ1v) is 10.9. The topological polar surface area (TPSA) is 73.9 Å². The van der Waals surface area contributed by atoms with Crippen LogP contribution in [-0.2, 0) is 11.3 Å². The summed E-state index contributed by atoms with van der Waals surface area (Å²) in [6, 6.07) is 25.8. The molecule has 0 aromatic heterocycles. The van der Waals surface area contributed by atoms with Gasteiger partial charge < -0.3 is 19.5 Å². The SMILES string of the molecule is CCOc1ccc(C(=O)Nc2ccc(C(=O)OC)cc2)cc1COc1ccc2ccccc2c1. The largest absolute Gasteiger partial charge is 0.493 e. The number of hydrogen-bond donors (Lipinski definition) is 1. The summed E-state index contributed by atoms with van der Waals surface area (Å²) in [7, 11) is 1.32. The van der Waals surface area contributed by atoms with Crippen molar-refractivity contribution in [2.45, 2.75) is 13.5 Å². The van der Waals surface area contributed by atoms with Crippen LogP contribution in [0, 0.1) is 0 Å². The number of esters is 1. The van der Waals surface area contributed by atoms with E-state index in [-0.39, 0.29) is 12.5 Å². The Morgan fingerprint density at radius 3 is 2.26 bits per heavy atom. The number of benzene rings is 4. The minimum atomic E-state index is -0.430. The molecule has 4 aromatic carbocycles. The first-order valence-electron chi connectivity index (χ1n) is 10.9. The monoisotopic (exact) mass is 455 g/mol. The highest BCUT2D eigenvalue weighted by Gasteiger charge is 2.13. The Labute approximate surface area is 198 Å². The van der Waals surface area contributed by atoms with Crippen molar-refractivity contribution >= 4 is 28.3 Å². The van der Waals surface area contributed by atoms with Crippen LogP contribution in [0.3, 0.4) is 0 Å². The van der Waals surface area contributed by atoms with Crippen LogP contribution in [-0.4, -0.2) is 25.6 Å². The van der Waals surface area contributed by atoms with E-state index in [1.807, 2.05) is 43.3 Å². The molecule has 6 nitrogen and oxygen atoms in total. The van der Waals surface area contributed by atoms with Crippen molar-refractivity contribution in [1.29, 1.82) is 0 Å². The molecule has 0 atom stereocenters. The van der Waals surface area contributed by atoms with Crippen molar-refractivity contribution in [2.75, 3.05) is 19.0 Å². The Morgan fingerprint density at radius 2 is 1.53 bits per heavy atom. The molecule has 4 rings (SSSR count). The van der Waals surface area contributed by atoms with Gasteiger partial charge in [0, 0.05) is 16.8 Å². The highest BCUT2D eigenvalue weighted by Crippen LogP contribution is 2.25. The lowest BCUT2D eigenvalue weighted by molar-refractivity contribution is 0.0600. The van der Waals surface area contributed by atoms with Crippen LogP contribution >= 0.6 is 0 Å². The van der Waals surface area contributed by atoms with Gasteiger partial charge in [0.2, 0.25) is 0 Å². The molecule has 172 valence electrons. The number of carbonyl (C=O) groups excluding carboxylic acids is 2. The Morgan fingerprint density at radius 1 is 0.794 bits per heavy atom. The van der Waals surface area contributed by atoms with Crippen molar-refractivity contribution < 1.29 is 23.8 Å². The fraction of sp³-hybridized carbons (Fsp3) is 0.143. The molecule has 34 heavy (non-hydrogen) atoms. The standard InChI is InChI=1S/C28H25NO5/c1-3-33-26-15-11-22(27(30)29-24-12-8-20(9-13-24)28(31)32-2)16-23(26)18-34-25-14-10-19-6-4-5-7-21(19)17-25/h4-17H,3,18H2,1-2H3,(H,29,30). The first kappa shape index (κ1) is 22.9. The van der Waals surface area contributed by atoms with E-state index in [9.17, 15) is 9.59 Å². The normalized spacial score (nSPS) is 10.5. The fourth-order valence-corrected chi connectivity index (χ4v) is 3.56. The van der Waals surface area contributed by atoms with E-state index in [2.05, 4.69) is 11.4 Å². The van der Waals surface area contributed by atoms with Gasteiger partial charge in [-0.05, 0) is 72.3 Å². The molecule has 0 fully saturated rings. The average molecular weight is 456 g/mol. The Bertz CT molecular complexity index is 1310. The van der Waals surface area contributed by atoms with Gasteiger partial charge in [-0.3, -0.25) is 4.79 Å². The van der Waals surface area contributed by atoms with Gasteiger partial charge >= 0.3 is 5.97 Å². The Kier molecular flexibility index (Phi) is 7.08. The second-order valence-electron chi connectivity index (χ2n) is 7.58. The van der Waals surface area contributed by atoms with Crippen LogP contribution < -0.4 is 14.8 Å². The van der Waals surface area contributed by atoms with Gasteiger partial charge in [0.15, 0.2) is 0 Å². The zero-order valence-corrected chi connectivity index (χ0v) is 19.0. The molecular formula is C28H25NO5. The number of anilines is 1. The fourth-order valence-electron chi connectivity index (χ4n) is 3.56. The van der Waals surface area contributed by atoms with Gasteiger partial charge in [-0.1, -0.05) is 30.3 Å². The van der Waals surface area contributed by atoms with Crippen LogP contribution in [0.5, 0.6) is 11.5 Å². The summed E-state index contributed by atoms with van der Waals surface area (Å²) in [5.74, 6) is 0.699. The summed E-state index contributed by atoms with van der Waals surface area (Å²) in [4.78, 5) is 24.4. The highest BCUT2D eigenvalue weighted by atomic mass is 16.5. The summed E-state index contributed by atoms with van der Waals surface area (Å²) in [5.41, 5.74) is 2.22. The van der Waals surface area contributed by atoms with Gasteiger partial charge in [0.1, 0.15) is 18.1 Å². The van der Waals surface area contributed by atoms with Crippen LogP contribution in [0.4, 0.5) is 5.69 Å². The van der Waals surface area contributed by atoms with Crippen LogP contribution in [0.25, 0.3) is 10.8 Å². The van der Waals surface area contributed by atoms with E-state index in [4.69, 9.17) is 14.2 Å². The van der Waals surface area contributed by atoms with E-state index in [0.717, 1.165) is 22.1 Å². The number of hydrogen-bond acceptors (Lipinski definition) is 5. The molecular weight excluding hydrogens is 430 g/mol. The average Bonchev–Trinajstić information content (AvgIpc) is 2.88. The van der Waals surface area contributed by atoms with Crippen molar-refractivity contribution in [2.24, 2.45) is 0 Å². The van der Waals surface area contributed by atoms with Gasteiger partial charge in [0.25, 0.3) is 5.91 Å². The van der Waals surface area contributed by atoms with E-state index < -0.39 is 5.97 Å². The predicted molar refractivity (Wildman–Crippen MR) is 132 cm³/mol. The maximum Gasteiger partial charge on any atom is 0.337 e. The minimum Gasteiger partial charge on any atom is -0.493 e. The molecule has 0 saturated carbocycles. The quantitative estimate of drug-likeness (QED) is 0.337. The molecule has 1 N–H and O–H groups in total. The first-order chi connectivity index (χ1) is 16.6. The van der Waals surface area contributed by atoms with E-state index in [1.165, 1.54) is 7.11 Å². The van der Waals surface area contributed by atoms with Crippen molar-refractivity contribution in [3.8, 4) is 11.5 Å². The van der Waals surface area contributed by atoms with Crippen molar-refractivity contribution in [1.82, 2.24) is 0 Å². The van der Waals surface area contributed by atoms with Crippen LogP contribution in [0.15, 0.2) is 84.9 Å². The summed E-state index contributed by atoms with van der Waals surface area (Å²) >= 11 is 0. The predicted octanol–water partition coefficient (Wildman–Crippen LogP) is 5.86. The smallest absolute Gasteiger partial charge is 0.337 e. The van der Waals surface area contributed by atoms with Gasteiger partial charge in [-0.25, -0.2) is 4.79 Å². The van der Waals surface area contributed by atoms with Crippen LogP contribution in [0.1, 0.15) is 33.2 Å². The second kappa shape index (κ2) is 10.5. The minimum absolute atomic E-state index is 0.253. The number of amides is 1. The van der Waals surface area contributed by atoms with E-state index in [0.29, 0.717) is 29.2 Å². The summed E-state index contributed by atoms with van der Waals surface area (Å²) in [6.07, 6.45) is 0. The third-order valence-corrected chi connectivity index (χ3v) is 5.30. The molecule has 0 unspecified atom stereocenters. The maximum absolute atomic E-state index is 12.8. The molecule has 0 aliphatic heterocycles. The van der Waals surface area contributed by atoms with E-state index in [1.54, 1.807) is 42.5 Å². The number of carbonyl (C=O) groups is 2. The summed E-state index contributed by atoms with van der Waals surface area (Å²) in [6.45, 7) is 2.66. The Hall–Kier alpha value is -4.32. The lowest BCUT2D eigenvalue weighted by Gasteiger charge is -2.14. The highest BCUT2D eigenvalue weighted by molar-refractivity contribution is 6.04. The number of methoxy groups -OCH3 is 1. The van der Waals surface area contributed by atoms with E-state index >= 15 is 0 Å². The molecule has 0 heterocycles. The number of ether oxygens (including phenoxy) is 3. The summed E-state index contributed by atoms with van der Waals surface area (Å²) < 4.78 is 16.5. The zero-order valence-electron chi connectivity index (χ0n) is 19.0. The van der Waals surface area contributed by atoms with Gasteiger partial charge in [0.05, 0.1) is 19.3 Å². The molecule has 4 aromatic rings. The number of nitrogens with one attached hydrogen (secondary N) is 1. The zero-order chi connectivity index (χ0) is 23.9. The second-order valence-corrected chi connectivity index (χ2v) is 7.58. The molecule has 1 amide bonds. The molecule has 0 saturated heterocycles. The number of rotatable bonds is 8. The molecule has 0 aliphatic carbocycles. The molecule has 0 aliphatic rings. The molecule has 0 spiro atoms. The van der Waals surface area contributed by atoms with Crippen molar-refractivity contribution in [3.63, 3.8) is 0 Å². The lowest BCUT2D eigenvalue weighted by Crippen LogP contribution is -2.13. The molecule has 6 heteroatoms. The van der Waals surface area contributed by atoms with Crippen LogP contribution in [0.2, 0.25) is 0 Å². The van der Waals surface area contributed by atoms with Gasteiger partial charge in [-0.15, -0.1) is 0 Å². The van der Waals surface area contributed by atoms with Gasteiger partial charge in [-0.2, -0.15) is 0 Å². The van der Waals surface area contributed by atoms with Crippen molar-refractivity contribution in [3.05, 3.63) is 102 Å². The Balaban J connectivity index is 1.50. The molecule has 0 bridgehead atoms. The number of fused-ring (bicyclic) bond motifs is 1. The summed E-state index contributed by atoms with van der Waals surface area (Å²) in [5, 5.41) is 5.08. The maximum atomic E-state index is 12.8. The lowest BCUT2D eigenvalue weighted by atomic mass is 10.1.